The van der Waals surface area contributed by atoms with Crippen molar-refractivity contribution < 1.29 is 9.47 Å². The summed E-state index contributed by atoms with van der Waals surface area (Å²) in [6, 6.07) is 0. The molecule has 0 aliphatic heterocycles. The van der Waals surface area contributed by atoms with Gasteiger partial charge in [0.15, 0.2) is 0 Å². The Morgan fingerprint density at radius 1 is 1.47 bits per heavy atom. The zero-order valence-corrected chi connectivity index (χ0v) is 10.3. The largest absolute Gasteiger partial charge is 0.379 e. The number of rotatable bonds is 8. The Kier molecular flexibility index (Phi) is 7.41. The van der Waals surface area contributed by atoms with Gasteiger partial charge < -0.3 is 14.8 Å². The Morgan fingerprint density at radius 3 is 2.67 bits per heavy atom. The van der Waals surface area contributed by atoms with Crippen LogP contribution in [0.5, 0.6) is 0 Å². The fourth-order valence-corrected chi connectivity index (χ4v) is 1.01. The molecule has 0 aliphatic carbocycles. The van der Waals surface area contributed by atoms with Crippen molar-refractivity contribution in [1.29, 1.82) is 0 Å². The van der Waals surface area contributed by atoms with E-state index in [1.54, 1.807) is 7.11 Å². The SMILES string of the molecule is C#CCNCC(C)OCCC(C)(C)OC. The molecule has 0 rings (SSSR count). The molecule has 0 heterocycles. The van der Waals surface area contributed by atoms with Crippen LogP contribution in [0.25, 0.3) is 0 Å². The molecule has 0 aromatic heterocycles. The highest BCUT2D eigenvalue weighted by Crippen LogP contribution is 2.12. The summed E-state index contributed by atoms with van der Waals surface area (Å²) in [5.74, 6) is 2.53. The number of hydrogen-bond acceptors (Lipinski definition) is 3. The molecule has 3 nitrogen and oxygen atoms in total. The molecule has 0 fully saturated rings. The van der Waals surface area contributed by atoms with Gasteiger partial charge in [0.25, 0.3) is 0 Å². The quantitative estimate of drug-likeness (QED) is 0.489. The minimum absolute atomic E-state index is 0.105. The minimum Gasteiger partial charge on any atom is -0.379 e. The van der Waals surface area contributed by atoms with Crippen LogP contribution in [-0.4, -0.2) is 38.5 Å². The number of methoxy groups -OCH3 is 1. The molecule has 0 bridgehead atoms. The molecule has 1 unspecified atom stereocenters. The Balaban J connectivity index is 3.47. The van der Waals surface area contributed by atoms with Gasteiger partial charge in [-0.15, -0.1) is 6.42 Å². The van der Waals surface area contributed by atoms with Crippen molar-refractivity contribution in [3.8, 4) is 12.3 Å². The first-order chi connectivity index (χ1) is 7.02. The van der Waals surface area contributed by atoms with Gasteiger partial charge in [-0.3, -0.25) is 0 Å². The molecular weight excluding hydrogens is 190 g/mol. The number of nitrogens with one attached hydrogen (secondary N) is 1. The third kappa shape index (κ3) is 8.44. The van der Waals surface area contributed by atoms with Crippen LogP contribution >= 0.6 is 0 Å². The average molecular weight is 213 g/mol. The smallest absolute Gasteiger partial charge is 0.0671 e. The van der Waals surface area contributed by atoms with Crippen LogP contribution in [0.1, 0.15) is 27.2 Å². The lowest BCUT2D eigenvalue weighted by atomic mass is 10.1. The van der Waals surface area contributed by atoms with Crippen molar-refractivity contribution >= 4 is 0 Å². The normalized spacial score (nSPS) is 13.5. The maximum absolute atomic E-state index is 5.62. The third-order valence-corrected chi connectivity index (χ3v) is 2.32. The fourth-order valence-electron chi connectivity index (χ4n) is 1.01. The topological polar surface area (TPSA) is 30.5 Å². The van der Waals surface area contributed by atoms with Crippen LogP contribution in [0.15, 0.2) is 0 Å². The van der Waals surface area contributed by atoms with Gasteiger partial charge >= 0.3 is 0 Å². The summed E-state index contributed by atoms with van der Waals surface area (Å²) >= 11 is 0. The van der Waals surface area contributed by atoms with E-state index in [0.717, 1.165) is 13.0 Å². The summed E-state index contributed by atoms with van der Waals surface area (Å²) in [5.41, 5.74) is -0.105. The Hall–Kier alpha value is -0.560. The number of terminal acetylenes is 1. The predicted molar refractivity (Wildman–Crippen MR) is 62.8 cm³/mol. The second-order valence-corrected chi connectivity index (χ2v) is 4.23. The van der Waals surface area contributed by atoms with Gasteiger partial charge in [0, 0.05) is 20.3 Å². The van der Waals surface area contributed by atoms with E-state index >= 15 is 0 Å². The van der Waals surface area contributed by atoms with Crippen LogP contribution in [0.4, 0.5) is 0 Å². The van der Waals surface area contributed by atoms with E-state index < -0.39 is 0 Å². The van der Waals surface area contributed by atoms with Crippen LogP contribution in [0.2, 0.25) is 0 Å². The van der Waals surface area contributed by atoms with Crippen molar-refractivity contribution in [1.82, 2.24) is 5.32 Å². The van der Waals surface area contributed by atoms with E-state index in [4.69, 9.17) is 15.9 Å². The van der Waals surface area contributed by atoms with E-state index in [-0.39, 0.29) is 11.7 Å². The van der Waals surface area contributed by atoms with Crippen molar-refractivity contribution in [3.63, 3.8) is 0 Å². The molecule has 0 radical (unpaired) electrons. The lowest BCUT2D eigenvalue weighted by Gasteiger charge is -2.23. The van der Waals surface area contributed by atoms with Gasteiger partial charge in [-0.05, 0) is 27.2 Å². The van der Waals surface area contributed by atoms with Crippen LogP contribution in [0, 0.1) is 12.3 Å². The predicted octanol–water partition coefficient (Wildman–Crippen LogP) is 1.43. The van der Waals surface area contributed by atoms with Gasteiger partial charge in [-0.25, -0.2) is 0 Å². The lowest BCUT2D eigenvalue weighted by Crippen LogP contribution is -2.30. The maximum Gasteiger partial charge on any atom is 0.0671 e. The first kappa shape index (κ1) is 14.4. The second kappa shape index (κ2) is 7.70. The Bertz CT molecular complexity index is 196. The molecule has 88 valence electrons. The van der Waals surface area contributed by atoms with Crippen LogP contribution in [0.3, 0.4) is 0 Å². The van der Waals surface area contributed by atoms with Crippen molar-refractivity contribution in [2.75, 3.05) is 26.8 Å². The highest BCUT2D eigenvalue weighted by molar-refractivity contribution is 4.86. The standard InChI is InChI=1S/C12H23NO2/c1-6-8-13-10-11(2)15-9-7-12(3,4)14-5/h1,11,13H,7-10H2,2-5H3. The minimum atomic E-state index is -0.105. The van der Waals surface area contributed by atoms with Gasteiger partial charge in [-0.1, -0.05) is 5.92 Å². The van der Waals surface area contributed by atoms with Gasteiger partial charge in [-0.2, -0.15) is 0 Å². The zero-order chi connectivity index (χ0) is 11.7. The fraction of sp³-hybridized carbons (Fsp3) is 0.833. The Morgan fingerprint density at radius 2 is 2.13 bits per heavy atom. The Labute approximate surface area is 93.5 Å². The molecule has 0 aromatic carbocycles. The number of ether oxygens (including phenoxy) is 2. The van der Waals surface area contributed by atoms with Gasteiger partial charge in [0.2, 0.25) is 0 Å². The molecule has 0 saturated heterocycles. The summed E-state index contributed by atoms with van der Waals surface area (Å²) in [7, 11) is 1.72. The summed E-state index contributed by atoms with van der Waals surface area (Å²) in [6.45, 7) is 8.23. The van der Waals surface area contributed by atoms with Crippen molar-refractivity contribution in [2.24, 2.45) is 0 Å². The molecule has 0 aromatic rings. The average Bonchev–Trinajstić information content (AvgIpc) is 2.18. The van der Waals surface area contributed by atoms with E-state index in [1.165, 1.54) is 0 Å². The summed E-state index contributed by atoms with van der Waals surface area (Å²) < 4.78 is 10.9. The van der Waals surface area contributed by atoms with E-state index in [9.17, 15) is 0 Å². The monoisotopic (exact) mass is 213 g/mol. The van der Waals surface area contributed by atoms with E-state index in [1.807, 2.05) is 6.92 Å². The highest BCUT2D eigenvalue weighted by Gasteiger charge is 2.16. The number of hydrogen-bond donors (Lipinski definition) is 1. The maximum atomic E-state index is 5.62. The van der Waals surface area contributed by atoms with E-state index in [0.29, 0.717) is 13.2 Å². The molecule has 1 N–H and O–H groups in total. The molecule has 0 spiro atoms. The lowest BCUT2D eigenvalue weighted by molar-refractivity contribution is -0.0228. The van der Waals surface area contributed by atoms with Crippen LogP contribution in [-0.2, 0) is 9.47 Å². The van der Waals surface area contributed by atoms with Crippen molar-refractivity contribution in [3.05, 3.63) is 0 Å². The molecule has 15 heavy (non-hydrogen) atoms. The van der Waals surface area contributed by atoms with Crippen LogP contribution < -0.4 is 5.32 Å². The molecule has 0 saturated carbocycles. The second-order valence-electron chi connectivity index (χ2n) is 4.23. The first-order valence-electron chi connectivity index (χ1n) is 5.33. The van der Waals surface area contributed by atoms with E-state index in [2.05, 4.69) is 25.1 Å². The zero-order valence-electron chi connectivity index (χ0n) is 10.3. The van der Waals surface area contributed by atoms with Crippen molar-refractivity contribution in [2.45, 2.75) is 38.9 Å². The molecule has 1 atom stereocenters. The highest BCUT2D eigenvalue weighted by atomic mass is 16.5. The molecular formula is C12H23NO2. The molecule has 0 aliphatic rings. The first-order valence-corrected chi connectivity index (χ1v) is 5.33. The van der Waals surface area contributed by atoms with Gasteiger partial charge in [0.1, 0.15) is 0 Å². The third-order valence-electron chi connectivity index (χ3n) is 2.32. The summed E-state index contributed by atoms with van der Waals surface area (Å²) in [4.78, 5) is 0. The molecule has 3 heteroatoms. The summed E-state index contributed by atoms with van der Waals surface area (Å²) in [5, 5.41) is 3.10. The van der Waals surface area contributed by atoms with Gasteiger partial charge in [0.05, 0.1) is 18.2 Å². The molecule has 0 amide bonds. The summed E-state index contributed by atoms with van der Waals surface area (Å²) in [6.07, 6.45) is 6.20.